The van der Waals surface area contributed by atoms with E-state index in [9.17, 15) is 8.42 Å². The molecule has 2 atom stereocenters. The molecule has 0 N–H and O–H groups in total. The van der Waals surface area contributed by atoms with Crippen molar-refractivity contribution in [1.29, 1.82) is 0 Å². The van der Waals surface area contributed by atoms with Crippen molar-refractivity contribution < 1.29 is 8.42 Å². The van der Waals surface area contributed by atoms with Crippen LogP contribution in [-0.4, -0.2) is 65.9 Å². The Kier molecular flexibility index (Phi) is 4.50. The maximum Gasteiger partial charge on any atom is 0.247 e. The zero-order valence-corrected chi connectivity index (χ0v) is 16.7. The molecule has 4 heterocycles. The number of aromatic nitrogens is 2. The molecule has 4 rings (SSSR count). The lowest BCUT2D eigenvalue weighted by Gasteiger charge is -2.34. The maximum absolute atomic E-state index is 13.4. The van der Waals surface area contributed by atoms with E-state index in [1.165, 1.54) is 0 Å². The molecule has 9 heteroatoms. The molecule has 0 amide bonds. The molecule has 2 aromatic rings. The molecule has 0 radical (unpaired) electrons. The van der Waals surface area contributed by atoms with Gasteiger partial charge in [0.25, 0.3) is 0 Å². The molecule has 2 aromatic heterocycles. The van der Waals surface area contributed by atoms with Crippen molar-refractivity contribution in [1.82, 2.24) is 19.2 Å². The van der Waals surface area contributed by atoms with Crippen molar-refractivity contribution in [2.45, 2.75) is 43.4 Å². The fourth-order valence-corrected chi connectivity index (χ4v) is 6.77. The van der Waals surface area contributed by atoms with E-state index in [0.717, 1.165) is 18.1 Å². The Hall–Kier alpha value is -1.55. The van der Waals surface area contributed by atoms with Crippen LogP contribution in [0.3, 0.4) is 0 Å². The summed E-state index contributed by atoms with van der Waals surface area (Å²) < 4.78 is 28.5. The van der Waals surface area contributed by atoms with Gasteiger partial charge < -0.3 is 4.90 Å². The van der Waals surface area contributed by atoms with Gasteiger partial charge in [-0.05, 0) is 26.0 Å². The summed E-state index contributed by atoms with van der Waals surface area (Å²) in [5.41, 5.74) is 0. The fourth-order valence-electron chi connectivity index (χ4n) is 4.09. The van der Waals surface area contributed by atoms with Crippen LogP contribution >= 0.6 is 11.3 Å². The largest absolute Gasteiger partial charge is 0.353 e. The molecule has 0 spiro atoms. The first-order chi connectivity index (χ1) is 12.4. The molecule has 0 aliphatic carbocycles. The normalized spacial score (nSPS) is 25.9. The summed E-state index contributed by atoms with van der Waals surface area (Å²) >= 11 is 1.63. The van der Waals surface area contributed by atoms with Crippen LogP contribution < -0.4 is 4.90 Å². The summed E-state index contributed by atoms with van der Waals surface area (Å²) in [5, 5.41) is 3.03. The van der Waals surface area contributed by atoms with Crippen molar-refractivity contribution >= 4 is 27.2 Å². The highest BCUT2D eigenvalue weighted by Gasteiger charge is 2.49. The topological polar surface area (TPSA) is 69.6 Å². The molecule has 1 saturated heterocycles. The van der Waals surface area contributed by atoms with E-state index in [1.807, 2.05) is 37.4 Å². The summed E-state index contributed by atoms with van der Waals surface area (Å²) in [6, 6.07) is 3.19. The highest BCUT2D eigenvalue weighted by Crippen LogP contribution is 2.37. The molecule has 2 aliphatic heterocycles. The van der Waals surface area contributed by atoms with E-state index in [-0.39, 0.29) is 18.1 Å². The van der Waals surface area contributed by atoms with E-state index in [4.69, 9.17) is 0 Å². The third-order valence-electron chi connectivity index (χ3n) is 5.15. The van der Waals surface area contributed by atoms with Crippen LogP contribution in [0.4, 0.5) is 5.82 Å². The zero-order valence-electron chi connectivity index (χ0n) is 15.1. The minimum atomic E-state index is -3.60. The van der Waals surface area contributed by atoms with E-state index in [2.05, 4.69) is 14.9 Å². The van der Waals surface area contributed by atoms with E-state index in [0.29, 0.717) is 17.3 Å². The van der Waals surface area contributed by atoms with E-state index < -0.39 is 10.0 Å². The van der Waals surface area contributed by atoms with Crippen molar-refractivity contribution in [2.75, 3.05) is 25.0 Å². The first-order valence-corrected chi connectivity index (χ1v) is 11.0. The third kappa shape index (κ3) is 2.83. The Morgan fingerprint density at radius 3 is 2.69 bits per heavy atom. The molecule has 140 valence electrons. The third-order valence-corrected chi connectivity index (χ3v) is 8.04. The van der Waals surface area contributed by atoms with Gasteiger partial charge in [-0.2, -0.15) is 4.31 Å². The SMILES string of the molecule is CC(C)N1[C@H]2CN(Cc3nccs3)C[C@H]2N(C)c2ncccc2S1(=O)=O. The van der Waals surface area contributed by atoms with Crippen molar-refractivity contribution in [2.24, 2.45) is 0 Å². The first-order valence-electron chi connectivity index (χ1n) is 8.71. The molecule has 2 aliphatic rings. The van der Waals surface area contributed by atoms with Gasteiger partial charge in [-0.25, -0.2) is 18.4 Å². The van der Waals surface area contributed by atoms with Crippen LogP contribution in [-0.2, 0) is 16.6 Å². The Balaban J connectivity index is 1.75. The van der Waals surface area contributed by atoms with Gasteiger partial charge in [0.1, 0.15) is 15.7 Å². The number of anilines is 1. The lowest BCUT2D eigenvalue weighted by Crippen LogP contribution is -2.52. The van der Waals surface area contributed by atoms with Gasteiger partial charge >= 0.3 is 0 Å². The predicted molar refractivity (Wildman–Crippen MR) is 102 cm³/mol. The minimum Gasteiger partial charge on any atom is -0.353 e. The summed E-state index contributed by atoms with van der Waals surface area (Å²) in [5.74, 6) is 0.543. The summed E-state index contributed by atoms with van der Waals surface area (Å²) in [6.45, 7) is 6.12. The molecular weight excluding hydrogens is 370 g/mol. The monoisotopic (exact) mass is 393 g/mol. The first kappa shape index (κ1) is 17.8. The highest BCUT2D eigenvalue weighted by atomic mass is 32.2. The number of thiazole rings is 1. The summed E-state index contributed by atoms with van der Waals surface area (Å²) in [4.78, 5) is 13.4. The lowest BCUT2D eigenvalue weighted by atomic mass is 10.1. The van der Waals surface area contributed by atoms with Crippen LogP contribution in [0.2, 0.25) is 0 Å². The number of nitrogens with zero attached hydrogens (tertiary/aromatic N) is 5. The number of sulfonamides is 1. The van der Waals surface area contributed by atoms with Crippen molar-refractivity contribution in [3.05, 3.63) is 34.9 Å². The number of fused-ring (bicyclic) bond motifs is 2. The van der Waals surface area contributed by atoms with E-state index >= 15 is 0 Å². The second-order valence-electron chi connectivity index (χ2n) is 7.12. The Bertz CT molecular complexity index is 884. The predicted octanol–water partition coefficient (Wildman–Crippen LogP) is 1.64. The van der Waals surface area contributed by atoms with Gasteiger partial charge in [-0.15, -0.1) is 11.3 Å². The average Bonchev–Trinajstić information content (AvgIpc) is 3.23. The molecular formula is C17H23N5O2S2. The van der Waals surface area contributed by atoms with Crippen LogP contribution in [0.5, 0.6) is 0 Å². The van der Waals surface area contributed by atoms with Gasteiger partial charge in [-0.3, -0.25) is 4.90 Å². The summed E-state index contributed by atoms with van der Waals surface area (Å²) in [7, 11) is -1.65. The minimum absolute atomic E-state index is 0.0586. The van der Waals surface area contributed by atoms with Crippen LogP contribution in [0, 0.1) is 0 Å². The number of likely N-dealkylation sites (tertiary alicyclic amines) is 1. The lowest BCUT2D eigenvalue weighted by molar-refractivity contribution is 0.249. The number of pyridine rings is 1. The molecule has 0 aromatic carbocycles. The van der Waals surface area contributed by atoms with Gasteiger partial charge in [0.05, 0.1) is 18.6 Å². The van der Waals surface area contributed by atoms with Gasteiger partial charge in [0.15, 0.2) is 0 Å². The standard InChI is InChI=1S/C17H23N5O2S2/c1-12(2)22-14-10-21(11-16-18-7-8-25-16)9-13(14)20(3)17-15(26(22,23)24)5-4-6-19-17/h4-8,12-14H,9-11H2,1-3H3/t13-,14+/m1/s1. The Morgan fingerprint density at radius 1 is 1.23 bits per heavy atom. The molecule has 0 bridgehead atoms. The van der Waals surface area contributed by atoms with Gasteiger partial charge in [0, 0.05) is 44.0 Å². The number of hydrogen-bond acceptors (Lipinski definition) is 7. The zero-order chi connectivity index (χ0) is 18.5. The molecule has 26 heavy (non-hydrogen) atoms. The van der Waals surface area contributed by atoms with Crippen LogP contribution in [0.15, 0.2) is 34.8 Å². The second kappa shape index (κ2) is 6.56. The fraction of sp³-hybridized carbons (Fsp3) is 0.529. The second-order valence-corrected chi connectivity index (χ2v) is 9.91. The van der Waals surface area contributed by atoms with Gasteiger partial charge in [-0.1, -0.05) is 0 Å². The molecule has 0 unspecified atom stereocenters. The van der Waals surface area contributed by atoms with Gasteiger partial charge in [0.2, 0.25) is 10.0 Å². The Labute approximate surface area is 158 Å². The van der Waals surface area contributed by atoms with Crippen molar-refractivity contribution in [3.63, 3.8) is 0 Å². The number of likely N-dealkylation sites (N-methyl/N-ethyl adjacent to an activating group) is 1. The number of rotatable bonds is 3. The molecule has 0 saturated carbocycles. The number of hydrogen-bond donors (Lipinski definition) is 0. The smallest absolute Gasteiger partial charge is 0.247 e. The van der Waals surface area contributed by atoms with E-state index in [1.54, 1.807) is 34.0 Å². The van der Waals surface area contributed by atoms with Crippen LogP contribution in [0.25, 0.3) is 0 Å². The molecule has 1 fully saturated rings. The molecule has 7 nitrogen and oxygen atoms in total. The average molecular weight is 394 g/mol. The van der Waals surface area contributed by atoms with Crippen molar-refractivity contribution in [3.8, 4) is 0 Å². The highest BCUT2D eigenvalue weighted by molar-refractivity contribution is 7.89. The quantitative estimate of drug-likeness (QED) is 0.790. The Morgan fingerprint density at radius 2 is 2.00 bits per heavy atom. The summed E-state index contributed by atoms with van der Waals surface area (Å²) in [6.07, 6.45) is 3.47. The van der Waals surface area contributed by atoms with Crippen LogP contribution in [0.1, 0.15) is 18.9 Å². The maximum atomic E-state index is 13.4.